The van der Waals surface area contributed by atoms with E-state index in [2.05, 4.69) is 0 Å². The Bertz CT molecular complexity index is 1280. The number of alkyl halides is 2. The third-order valence-corrected chi connectivity index (χ3v) is 5.36. The van der Waals surface area contributed by atoms with Crippen LogP contribution in [0.4, 0.5) is 8.78 Å². The number of hydrogen-bond acceptors (Lipinski definition) is 4. The number of nitrogens with zero attached hydrogens (tertiary/aromatic N) is 1. The molecular formula is C22H18ClF2N3O4. The van der Waals surface area contributed by atoms with Crippen molar-refractivity contribution in [2.75, 3.05) is 0 Å². The Hall–Kier alpha value is -3.33. The molecule has 0 spiro atoms. The highest BCUT2D eigenvalue weighted by Gasteiger charge is 2.41. The molecule has 0 aliphatic carbocycles. The van der Waals surface area contributed by atoms with Crippen LogP contribution in [0.15, 0.2) is 42.5 Å². The second-order valence-corrected chi connectivity index (χ2v) is 7.63. The van der Waals surface area contributed by atoms with Gasteiger partial charge in [0.2, 0.25) is 11.8 Å². The molecule has 1 saturated heterocycles. The minimum absolute atomic E-state index is 0.0830. The zero-order chi connectivity index (χ0) is 26.6. The number of nitrogens with one attached hydrogen (secondary N) is 2. The minimum atomic E-state index is -3.98. The lowest BCUT2D eigenvalue weighted by Crippen LogP contribution is -2.52. The fourth-order valence-corrected chi connectivity index (χ4v) is 3.57. The summed E-state index contributed by atoms with van der Waals surface area (Å²) >= 11 is 5.69. The van der Waals surface area contributed by atoms with E-state index in [-0.39, 0.29) is 33.3 Å². The van der Waals surface area contributed by atoms with Crippen molar-refractivity contribution in [2.45, 2.75) is 37.8 Å². The van der Waals surface area contributed by atoms with Gasteiger partial charge in [0.1, 0.15) is 6.02 Å². The SMILES string of the molecule is [2H]C1C[C@@]([2H])(N2Cc3cc(CN([2H])C(=O)C(F)(F)c4ccc(Cl)cc4)ccc3C2=O)C(=O)N([2H])C1=O. The molecule has 7 nitrogen and oxygen atoms in total. The van der Waals surface area contributed by atoms with Gasteiger partial charge in [-0.3, -0.25) is 24.5 Å². The largest absolute Gasteiger partial charge is 0.349 e. The van der Waals surface area contributed by atoms with E-state index in [1.165, 1.54) is 30.3 Å². The van der Waals surface area contributed by atoms with E-state index in [0.29, 0.717) is 5.56 Å². The minimum Gasteiger partial charge on any atom is -0.346 e. The van der Waals surface area contributed by atoms with E-state index < -0.39 is 60.5 Å². The van der Waals surface area contributed by atoms with Crippen molar-refractivity contribution in [3.8, 4) is 0 Å². The van der Waals surface area contributed by atoms with E-state index in [9.17, 15) is 28.0 Å². The predicted octanol–water partition coefficient (Wildman–Crippen LogP) is 2.51. The fourth-order valence-electron chi connectivity index (χ4n) is 3.44. The summed E-state index contributed by atoms with van der Waals surface area (Å²) in [6.45, 7) is -0.822. The first kappa shape index (κ1) is 17.3. The zero-order valence-corrected chi connectivity index (χ0v) is 17.1. The van der Waals surface area contributed by atoms with Crippen LogP contribution >= 0.6 is 11.6 Å². The molecule has 1 fully saturated rings. The molecule has 10 heteroatoms. The van der Waals surface area contributed by atoms with Gasteiger partial charge in [-0.2, -0.15) is 8.78 Å². The molecule has 0 bridgehead atoms. The number of halogens is 3. The maximum Gasteiger partial charge on any atom is 0.349 e. The van der Waals surface area contributed by atoms with Crippen molar-refractivity contribution in [2.24, 2.45) is 0 Å². The van der Waals surface area contributed by atoms with E-state index in [4.69, 9.17) is 17.2 Å². The monoisotopic (exact) mass is 465 g/mol. The lowest BCUT2D eigenvalue weighted by atomic mass is 10.0. The van der Waals surface area contributed by atoms with Crippen molar-refractivity contribution in [1.82, 2.24) is 15.5 Å². The lowest BCUT2D eigenvalue weighted by Gasteiger charge is -2.29. The molecule has 2 heterocycles. The van der Waals surface area contributed by atoms with Crippen LogP contribution in [0.1, 0.15) is 42.6 Å². The topological polar surface area (TPSA) is 95.6 Å². The van der Waals surface area contributed by atoms with Crippen LogP contribution in [-0.4, -0.2) is 34.5 Å². The number of rotatable bonds is 5. The van der Waals surface area contributed by atoms with Gasteiger partial charge in [0, 0.05) is 37.0 Å². The molecular weight excluding hydrogens is 444 g/mol. The van der Waals surface area contributed by atoms with Crippen molar-refractivity contribution in [1.29, 1.82) is 0 Å². The normalized spacial score (nSPS) is 25.1. The first-order chi connectivity index (χ1) is 16.8. The Kier molecular flexibility index (Phi) is 4.48. The Balaban J connectivity index is 1.53. The molecule has 166 valence electrons. The Labute approximate surface area is 192 Å². The third kappa shape index (κ3) is 4.08. The highest BCUT2D eigenvalue weighted by molar-refractivity contribution is 6.30. The maximum absolute atomic E-state index is 14.6. The van der Waals surface area contributed by atoms with Gasteiger partial charge >= 0.3 is 5.92 Å². The maximum atomic E-state index is 14.6. The van der Waals surface area contributed by atoms with Crippen LogP contribution in [0.2, 0.25) is 7.85 Å². The van der Waals surface area contributed by atoms with Crippen LogP contribution in [0, 0.1) is 0 Å². The van der Waals surface area contributed by atoms with Crippen molar-refractivity contribution in [3.63, 3.8) is 0 Å². The van der Waals surface area contributed by atoms with Gasteiger partial charge in [-0.1, -0.05) is 35.9 Å². The Morgan fingerprint density at radius 3 is 2.75 bits per heavy atom. The van der Waals surface area contributed by atoms with Gasteiger partial charge in [-0.05, 0) is 35.7 Å². The van der Waals surface area contributed by atoms with Gasteiger partial charge in [0.05, 0.1) is 1.37 Å². The number of piperidine rings is 1. The number of carbonyl (C=O) groups excluding carboxylic acids is 4. The molecule has 2 aromatic rings. The van der Waals surface area contributed by atoms with Crippen molar-refractivity contribution in [3.05, 3.63) is 69.7 Å². The van der Waals surface area contributed by atoms with Gasteiger partial charge in [0.15, 0.2) is 2.82 Å². The fraction of sp³-hybridized carbons (Fsp3) is 0.273. The number of benzene rings is 2. The van der Waals surface area contributed by atoms with E-state index >= 15 is 0 Å². The average molecular weight is 466 g/mol. The first-order valence-corrected chi connectivity index (χ1v) is 9.83. The van der Waals surface area contributed by atoms with Gasteiger partial charge < -0.3 is 10.2 Å². The molecule has 0 aromatic heterocycles. The molecule has 2 aliphatic heterocycles. The molecule has 0 radical (unpaired) electrons. The highest BCUT2D eigenvalue weighted by atomic mass is 35.5. The van der Waals surface area contributed by atoms with Crippen molar-refractivity contribution >= 4 is 35.2 Å². The summed E-state index contributed by atoms with van der Waals surface area (Å²) in [7, 11) is 0. The molecule has 4 rings (SSSR count). The third-order valence-electron chi connectivity index (χ3n) is 5.11. The predicted molar refractivity (Wildman–Crippen MR) is 110 cm³/mol. The molecule has 2 atom stereocenters. The van der Waals surface area contributed by atoms with Gasteiger partial charge in [-0.25, -0.2) is 0 Å². The van der Waals surface area contributed by atoms with Crippen LogP contribution in [0.25, 0.3) is 0 Å². The lowest BCUT2D eigenvalue weighted by molar-refractivity contribution is -0.147. The summed E-state index contributed by atoms with van der Waals surface area (Å²) in [6, 6.07) is 6.08. The molecule has 32 heavy (non-hydrogen) atoms. The van der Waals surface area contributed by atoms with Crippen LogP contribution in [-0.2, 0) is 33.4 Å². The first-order valence-electron chi connectivity index (χ1n) is 11.4. The summed E-state index contributed by atoms with van der Waals surface area (Å²) in [5, 5.41) is 0.215. The zero-order valence-electron chi connectivity index (χ0n) is 20.3. The van der Waals surface area contributed by atoms with Crippen LogP contribution in [0.3, 0.4) is 0 Å². The van der Waals surface area contributed by atoms with E-state index in [0.717, 1.165) is 17.0 Å². The van der Waals surface area contributed by atoms with Gasteiger partial charge in [-0.15, -0.1) is 0 Å². The van der Waals surface area contributed by atoms with E-state index in [1.807, 2.05) is 0 Å². The second kappa shape index (κ2) is 8.31. The number of fused-ring (bicyclic) bond motifs is 1. The molecule has 1 unspecified atom stereocenters. The highest BCUT2D eigenvalue weighted by Crippen LogP contribution is 2.30. The van der Waals surface area contributed by atoms with Crippen molar-refractivity contribution < 1.29 is 33.5 Å². The van der Waals surface area contributed by atoms with Crippen LogP contribution < -0.4 is 10.6 Å². The number of hydrogen-bond donors (Lipinski definition) is 2. The summed E-state index contributed by atoms with van der Waals surface area (Å²) in [4.78, 5) is 50.3. The molecule has 2 aliphatic rings. The summed E-state index contributed by atoms with van der Waals surface area (Å²) in [5.41, 5.74) is 0.0138. The second-order valence-electron chi connectivity index (χ2n) is 7.20. The smallest absolute Gasteiger partial charge is 0.346 e. The standard InChI is InChI=1S/C22H18ClF2N3O4/c23-15-4-2-14(3-5-15)22(24,25)21(32)26-10-12-1-6-16-13(9-12)11-28(20(16)31)17-7-8-18(29)27-19(17)30/h1-6,9,17H,7-8,10-11H2,(H,26,32)(H,27,29,30)/t17-/m1/s1/i8D,17D/hD2/t8?,17-. The van der Waals surface area contributed by atoms with Gasteiger partial charge in [0.25, 0.3) is 11.8 Å². The number of amides is 4. The average Bonchev–Trinajstić information content (AvgIpc) is 3.17. The van der Waals surface area contributed by atoms with E-state index in [1.54, 1.807) is 0 Å². The summed E-state index contributed by atoms with van der Waals surface area (Å²) in [5.74, 6) is -8.85. The molecule has 0 saturated carbocycles. The Morgan fingerprint density at radius 2 is 2.03 bits per heavy atom. The molecule has 4 amide bonds. The summed E-state index contributed by atoms with van der Waals surface area (Å²) < 4.78 is 60.9. The number of imide groups is 1. The number of carbonyl (C=O) groups is 4. The Morgan fingerprint density at radius 1 is 1.31 bits per heavy atom. The van der Waals surface area contributed by atoms with Crippen LogP contribution in [0.5, 0.6) is 0 Å². The molecule has 2 N–H and O–H groups in total. The summed E-state index contributed by atoms with van der Waals surface area (Å²) in [6.07, 6.45) is -2.18. The quantitative estimate of drug-likeness (QED) is 0.663. The molecule has 2 aromatic carbocycles.